The third-order valence-corrected chi connectivity index (χ3v) is 5.22. The summed E-state index contributed by atoms with van der Waals surface area (Å²) in [5, 5.41) is 45.7. The monoisotopic (exact) mass is 496 g/mol. The highest BCUT2D eigenvalue weighted by Crippen LogP contribution is 2.12. The Morgan fingerprint density at radius 1 is 0.829 bits per heavy atom. The van der Waals surface area contributed by atoms with E-state index in [0.717, 1.165) is 0 Å². The molecule has 0 saturated heterocycles. The Bertz CT molecular complexity index is 873. The molecule has 0 radical (unpaired) electrons. The summed E-state index contributed by atoms with van der Waals surface area (Å²) in [5.74, 6) is -3.86. The lowest BCUT2D eigenvalue weighted by molar-refractivity contribution is -0.143. The van der Waals surface area contributed by atoms with Crippen LogP contribution in [0.2, 0.25) is 0 Å². The number of benzene rings is 1. The Kier molecular flexibility index (Phi) is 11.6. The number of carboxylic acids is 1. The maximum atomic E-state index is 12.9. The van der Waals surface area contributed by atoms with Gasteiger partial charge in [-0.1, -0.05) is 26.0 Å². The van der Waals surface area contributed by atoms with Crippen LogP contribution in [0.3, 0.4) is 0 Å². The smallest absolute Gasteiger partial charge is 0.326 e. The van der Waals surface area contributed by atoms with Gasteiger partial charge in [0, 0.05) is 6.42 Å². The number of aliphatic carboxylic acids is 1. The second-order valence-electron chi connectivity index (χ2n) is 8.95. The SMILES string of the molecule is CC(C)CC(NC(=O)C(N)C(C)O)C(=O)NC(C(=O)NC(Cc1ccc(O)cc1)C(=O)O)C(C)O. The van der Waals surface area contributed by atoms with Crippen LogP contribution in [0.15, 0.2) is 24.3 Å². The van der Waals surface area contributed by atoms with Gasteiger partial charge in [0.05, 0.1) is 12.2 Å². The van der Waals surface area contributed by atoms with Gasteiger partial charge in [-0.05, 0) is 43.9 Å². The van der Waals surface area contributed by atoms with Gasteiger partial charge in [0.1, 0.15) is 29.9 Å². The second-order valence-corrected chi connectivity index (χ2v) is 8.95. The molecule has 0 heterocycles. The number of carbonyl (C=O) groups is 4. The van der Waals surface area contributed by atoms with Gasteiger partial charge >= 0.3 is 5.97 Å². The van der Waals surface area contributed by atoms with E-state index in [1.54, 1.807) is 13.8 Å². The van der Waals surface area contributed by atoms with Crippen LogP contribution in [0.1, 0.15) is 39.7 Å². The summed E-state index contributed by atoms with van der Waals surface area (Å²) in [6, 6.07) is 0.480. The highest BCUT2D eigenvalue weighted by Gasteiger charge is 2.33. The van der Waals surface area contributed by atoms with Crippen LogP contribution in [0.5, 0.6) is 5.75 Å². The first-order valence-corrected chi connectivity index (χ1v) is 11.3. The topological polar surface area (TPSA) is 211 Å². The fourth-order valence-electron chi connectivity index (χ4n) is 3.18. The molecule has 0 bridgehead atoms. The molecule has 6 unspecified atom stereocenters. The third-order valence-electron chi connectivity index (χ3n) is 5.22. The Hall–Kier alpha value is -3.22. The number of amides is 3. The molecule has 0 aromatic heterocycles. The highest BCUT2D eigenvalue weighted by atomic mass is 16.4. The average molecular weight is 497 g/mol. The predicted molar refractivity (Wildman–Crippen MR) is 126 cm³/mol. The largest absolute Gasteiger partial charge is 0.508 e. The molecule has 12 nitrogen and oxygen atoms in total. The minimum atomic E-state index is -1.51. The Balaban J connectivity index is 2.98. The molecular weight excluding hydrogens is 460 g/mol. The number of aromatic hydroxyl groups is 1. The van der Waals surface area contributed by atoms with E-state index in [-0.39, 0.29) is 24.5 Å². The Labute approximate surface area is 203 Å². The van der Waals surface area contributed by atoms with Crippen LogP contribution in [0.4, 0.5) is 0 Å². The van der Waals surface area contributed by atoms with Crippen LogP contribution in [0.25, 0.3) is 0 Å². The highest BCUT2D eigenvalue weighted by molar-refractivity contribution is 5.94. The number of carbonyl (C=O) groups excluding carboxylic acids is 3. The second kappa shape index (κ2) is 13.6. The third kappa shape index (κ3) is 9.89. The van der Waals surface area contributed by atoms with Gasteiger partial charge in [0.25, 0.3) is 0 Å². The van der Waals surface area contributed by atoms with Crippen molar-refractivity contribution >= 4 is 23.7 Å². The van der Waals surface area contributed by atoms with E-state index in [1.807, 2.05) is 0 Å². The zero-order valence-corrected chi connectivity index (χ0v) is 20.3. The van der Waals surface area contributed by atoms with E-state index in [2.05, 4.69) is 16.0 Å². The van der Waals surface area contributed by atoms with E-state index < -0.39 is 60.1 Å². The fourth-order valence-corrected chi connectivity index (χ4v) is 3.18. The molecule has 6 atom stereocenters. The number of hydrogen-bond acceptors (Lipinski definition) is 8. The van der Waals surface area contributed by atoms with Crippen molar-refractivity contribution in [3.05, 3.63) is 29.8 Å². The number of aliphatic hydroxyl groups is 2. The molecule has 0 spiro atoms. The number of phenolic OH excluding ortho intramolecular Hbond substituents is 1. The fraction of sp³-hybridized carbons (Fsp3) is 0.565. The summed E-state index contributed by atoms with van der Waals surface area (Å²) < 4.78 is 0. The minimum absolute atomic E-state index is 0.000937. The molecule has 0 aliphatic carbocycles. The zero-order valence-electron chi connectivity index (χ0n) is 20.3. The van der Waals surface area contributed by atoms with E-state index in [9.17, 15) is 39.6 Å². The number of carboxylic acid groups (broad SMARTS) is 1. The van der Waals surface area contributed by atoms with Gasteiger partial charge in [-0.25, -0.2) is 4.79 Å². The van der Waals surface area contributed by atoms with Crippen LogP contribution < -0.4 is 21.7 Å². The van der Waals surface area contributed by atoms with Crippen molar-refractivity contribution in [2.24, 2.45) is 11.7 Å². The van der Waals surface area contributed by atoms with Gasteiger partial charge in [-0.3, -0.25) is 14.4 Å². The van der Waals surface area contributed by atoms with Gasteiger partial charge < -0.3 is 42.1 Å². The van der Waals surface area contributed by atoms with Crippen LogP contribution in [-0.4, -0.2) is 80.5 Å². The van der Waals surface area contributed by atoms with Crippen molar-refractivity contribution in [2.45, 2.75) is 76.9 Å². The van der Waals surface area contributed by atoms with Gasteiger partial charge in [-0.15, -0.1) is 0 Å². The van der Waals surface area contributed by atoms with E-state index in [4.69, 9.17) is 5.73 Å². The molecule has 3 amide bonds. The first kappa shape index (κ1) is 29.8. The molecule has 9 N–H and O–H groups in total. The maximum Gasteiger partial charge on any atom is 0.326 e. The van der Waals surface area contributed by atoms with Gasteiger partial charge in [0.2, 0.25) is 17.7 Å². The zero-order chi connectivity index (χ0) is 26.9. The van der Waals surface area contributed by atoms with E-state index >= 15 is 0 Å². The van der Waals surface area contributed by atoms with Crippen molar-refractivity contribution in [1.82, 2.24) is 16.0 Å². The quantitative estimate of drug-likeness (QED) is 0.161. The van der Waals surface area contributed by atoms with Crippen LogP contribution in [-0.2, 0) is 25.6 Å². The molecule has 1 aromatic carbocycles. The molecule has 0 fully saturated rings. The standard InChI is InChI=1S/C23H36N4O8/c1-11(2)9-16(25-21(32)18(24)12(3)28)20(31)27-19(13(4)29)22(33)26-17(23(34)35)10-14-5-7-15(30)8-6-14/h5-8,11-13,16-19,28-30H,9-10,24H2,1-4H3,(H,25,32)(H,26,33)(H,27,31)(H,34,35). The lowest BCUT2D eigenvalue weighted by Crippen LogP contribution is -2.60. The van der Waals surface area contributed by atoms with E-state index in [1.165, 1.54) is 38.1 Å². The van der Waals surface area contributed by atoms with Crippen molar-refractivity contribution in [2.75, 3.05) is 0 Å². The number of nitrogens with one attached hydrogen (secondary N) is 3. The molecule has 0 aliphatic heterocycles. The summed E-state index contributed by atoms with van der Waals surface area (Å²) in [4.78, 5) is 49.7. The summed E-state index contributed by atoms with van der Waals surface area (Å²) >= 11 is 0. The molecule has 0 saturated carbocycles. The number of aliphatic hydroxyl groups excluding tert-OH is 2. The molecule has 0 aliphatic rings. The molecule has 196 valence electrons. The van der Waals surface area contributed by atoms with Crippen molar-refractivity contribution in [3.63, 3.8) is 0 Å². The minimum Gasteiger partial charge on any atom is -0.508 e. The van der Waals surface area contributed by atoms with Gasteiger partial charge in [-0.2, -0.15) is 0 Å². The summed E-state index contributed by atoms with van der Waals surface area (Å²) in [6.45, 7) is 6.19. The Morgan fingerprint density at radius 2 is 1.37 bits per heavy atom. The molecule has 1 aromatic rings. The normalized spacial score (nSPS) is 16.3. The van der Waals surface area contributed by atoms with Gasteiger partial charge in [0.15, 0.2) is 0 Å². The summed E-state index contributed by atoms with van der Waals surface area (Å²) in [6.07, 6.45) is -2.48. The first-order valence-electron chi connectivity index (χ1n) is 11.3. The van der Waals surface area contributed by atoms with Crippen LogP contribution in [0, 0.1) is 5.92 Å². The maximum absolute atomic E-state index is 12.9. The predicted octanol–water partition coefficient (Wildman–Crippen LogP) is -1.39. The van der Waals surface area contributed by atoms with E-state index in [0.29, 0.717) is 5.56 Å². The number of nitrogens with two attached hydrogens (primary N) is 1. The summed E-state index contributed by atoms with van der Waals surface area (Å²) in [7, 11) is 0. The number of hydrogen-bond donors (Lipinski definition) is 8. The lowest BCUT2D eigenvalue weighted by Gasteiger charge is -2.27. The molecule has 35 heavy (non-hydrogen) atoms. The van der Waals surface area contributed by atoms with Crippen LogP contribution >= 0.6 is 0 Å². The molecular formula is C23H36N4O8. The molecule has 1 rings (SSSR count). The Morgan fingerprint density at radius 3 is 1.83 bits per heavy atom. The number of rotatable bonds is 13. The summed E-state index contributed by atoms with van der Waals surface area (Å²) in [5.41, 5.74) is 6.15. The average Bonchev–Trinajstić information content (AvgIpc) is 2.76. The first-order chi connectivity index (χ1) is 16.2. The molecule has 12 heteroatoms. The van der Waals surface area contributed by atoms with Crippen molar-refractivity contribution in [3.8, 4) is 5.75 Å². The lowest BCUT2D eigenvalue weighted by atomic mass is 10.0. The van der Waals surface area contributed by atoms with Crippen molar-refractivity contribution in [1.29, 1.82) is 0 Å². The van der Waals surface area contributed by atoms with Crippen molar-refractivity contribution < 1.29 is 39.6 Å². The number of phenols is 1.